The summed E-state index contributed by atoms with van der Waals surface area (Å²) in [5.41, 5.74) is 1.11. The predicted molar refractivity (Wildman–Crippen MR) is 170 cm³/mol. The molecule has 3 aromatic carbocycles. The number of hydrogen-bond acceptors (Lipinski definition) is 9. The Hall–Kier alpha value is -5.26. The molecule has 0 spiro atoms. The molecule has 1 amide bonds. The van der Waals surface area contributed by atoms with Crippen molar-refractivity contribution in [2.24, 2.45) is 0 Å². The number of methoxy groups -OCH3 is 1. The van der Waals surface area contributed by atoms with Crippen LogP contribution < -0.4 is 25.1 Å². The molecule has 0 aliphatic carbocycles. The van der Waals surface area contributed by atoms with E-state index in [0.29, 0.717) is 46.5 Å². The molecule has 1 aliphatic heterocycles. The van der Waals surface area contributed by atoms with Crippen molar-refractivity contribution in [2.75, 3.05) is 51.9 Å². The van der Waals surface area contributed by atoms with Gasteiger partial charge in [-0.1, -0.05) is 18.2 Å². The average molecular weight is 608 g/mol. The monoisotopic (exact) mass is 607 g/mol. The van der Waals surface area contributed by atoms with Crippen molar-refractivity contribution in [3.63, 3.8) is 0 Å². The fraction of sp³-hybridized carbons (Fsp3) is 0.235. The number of anilines is 1. The molecule has 1 aliphatic rings. The SMILES string of the molecule is COc1cc2c(Oc3ccc(NC(=O)c4nccn(-c5ccccc5)c4=O)cc3)ccnc2cc1OCCCN1CCOCC1. The first-order valence-electron chi connectivity index (χ1n) is 14.7. The smallest absolute Gasteiger partial charge is 0.286 e. The highest BCUT2D eigenvalue weighted by Gasteiger charge is 2.16. The van der Waals surface area contributed by atoms with Gasteiger partial charge >= 0.3 is 0 Å². The van der Waals surface area contributed by atoms with Gasteiger partial charge in [0.05, 0.1) is 32.4 Å². The topological polar surface area (TPSA) is 117 Å². The Kier molecular flexibility index (Phi) is 9.28. The Morgan fingerprint density at radius 2 is 1.73 bits per heavy atom. The fourth-order valence-electron chi connectivity index (χ4n) is 5.07. The van der Waals surface area contributed by atoms with E-state index < -0.39 is 11.5 Å². The van der Waals surface area contributed by atoms with Crippen LogP contribution in [-0.4, -0.2) is 71.9 Å². The third-order valence-corrected chi connectivity index (χ3v) is 7.40. The number of benzene rings is 3. The summed E-state index contributed by atoms with van der Waals surface area (Å²) >= 11 is 0. The highest BCUT2D eigenvalue weighted by molar-refractivity contribution is 6.02. The standard InChI is InChI=1S/C34H33N5O6/c1-42-30-22-27-28(23-31(30)44-19-5-15-38-17-20-43-21-18-38)35-13-12-29(27)45-26-10-8-24(9-11-26)37-33(40)32-34(41)39(16-14-36-32)25-6-3-2-4-7-25/h2-4,6-14,16,22-23H,5,15,17-21H2,1H3,(H,37,40). The zero-order chi connectivity index (χ0) is 31.0. The summed E-state index contributed by atoms with van der Waals surface area (Å²) in [4.78, 5) is 36.8. The van der Waals surface area contributed by atoms with Crippen molar-refractivity contribution in [1.82, 2.24) is 19.4 Å². The number of amides is 1. The normalized spacial score (nSPS) is 13.4. The van der Waals surface area contributed by atoms with Crippen LogP contribution in [0, 0.1) is 0 Å². The Labute approximate surface area is 260 Å². The molecule has 0 atom stereocenters. The maximum Gasteiger partial charge on any atom is 0.286 e. The van der Waals surface area contributed by atoms with Gasteiger partial charge in [-0.25, -0.2) is 4.98 Å². The van der Waals surface area contributed by atoms with Crippen LogP contribution in [0.2, 0.25) is 0 Å². The second-order valence-corrected chi connectivity index (χ2v) is 10.4. The number of para-hydroxylation sites is 1. The number of nitrogens with zero attached hydrogens (tertiary/aromatic N) is 4. The predicted octanol–water partition coefficient (Wildman–Crippen LogP) is 4.94. The molecule has 0 radical (unpaired) electrons. The summed E-state index contributed by atoms with van der Waals surface area (Å²) in [5, 5.41) is 3.50. The zero-order valence-electron chi connectivity index (χ0n) is 24.8. The van der Waals surface area contributed by atoms with Crippen molar-refractivity contribution in [2.45, 2.75) is 6.42 Å². The summed E-state index contributed by atoms with van der Waals surface area (Å²) in [6, 6.07) is 21.4. The second-order valence-electron chi connectivity index (χ2n) is 10.4. The number of hydrogen-bond donors (Lipinski definition) is 1. The average Bonchev–Trinajstić information content (AvgIpc) is 3.08. The van der Waals surface area contributed by atoms with E-state index in [-0.39, 0.29) is 5.69 Å². The van der Waals surface area contributed by atoms with Crippen LogP contribution in [0.1, 0.15) is 16.9 Å². The summed E-state index contributed by atoms with van der Waals surface area (Å²) in [7, 11) is 1.60. The van der Waals surface area contributed by atoms with Gasteiger partial charge in [-0.3, -0.25) is 24.0 Å². The van der Waals surface area contributed by atoms with Crippen LogP contribution in [-0.2, 0) is 4.74 Å². The highest BCUT2D eigenvalue weighted by atomic mass is 16.5. The summed E-state index contributed by atoms with van der Waals surface area (Å²) in [6.07, 6.45) is 5.52. The molecule has 1 fully saturated rings. The van der Waals surface area contributed by atoms with Crippen LogP contribution in [0.15, 0.2) is 96.2 Å². The largest absolute Gasteiger partial charge is 0.493 e. The Morgan fingerprint density at radius 3 is 2.51 bits per heavy atom. The van der Waals surface area contributed by atoms with E-state index in [4.69, 9.17) is 18.9 Å². The minimum Gasteiger partial charge on any atom is -0.493 e. The molecule has 1 saturated heterocycles. The fourth-order valence-corrected chi connectivity index (χ4v) is 5.07. The number of carbonyl (C=O) groups excluding carboxylic acids is 1. The van der Waals surface area contributed by atoms with Crippen LogP contribution >= 0.6 is 0 Å². The van der Waals surface area contributed by atoms with Gasteiger partial charge in [0.1, 0.15) is 11.5 Å². The second kappa shape index (κ2) is 14.0. The molecule has 11 nitrogen and oxygen atoms in total. The van der Waals surface area contributed by atoms with Gasteiger partial charge in [-0.05, 0) is 55.0 Å². The molecule has 0 saturated carbocycles. The zero-order valence-corrected chi connectivity index (χ0v) is 24.8. The third-order valence-electron chi connectivity index (χ3n) is 7.40. The van der Waals surface area contributed by atoms with Gasteiger partial charge in [0.2, 0.25) is 0 Å². The van der Waals surface area contributed by atoms with E-state index in [0.717, 1.165) is 44.7 Å². The molecule has 6 rings (SSSR count). The van der Waals surface area contributed by atoms with Crippen LogP contribution in [0.4, 0.5) is 5.69 Å². The number of aromatic nitrogens is 3. The summed E-state index contributed by atoms with van der Waals surface area (Å²) in [5.74, 6) is 1.74. The summed E-state index contributed by atoms with van der Waals surface area (Å²) in [6.45, 7) is 4.97. The lowest BCUT2D eigenvalue weighted by Gasteiger charge is -2.26. The molecule has 0 bridgehead atoms. The van der Waals surface area contributed by atoms with Gasteiger partial charge in [0, 0.05) is 61.1 Å². The minimum absolute atomic E-state index is 0.209. The quantitative estimate of drug-likeness (QED) is 0.209. The van der Waals surface area contributed by atoms with Gasteiger partial charge < -0.3 is 24.3 Å². The number of nitrogens with one attached hydrogen (secondary N) is 1. The van der Waals surface area contributed by atoms with E-state index in [1.165, 1.54) is 17.0 Å². The number of fused-ring (bicyclic) bond motifs is 1. The van der Waals surface area contributed by atoms with Crippen molar-refractivity contribution in [3.05, 3.63) is 107 Å². The Bertz CT molecular complexity index is 1820. The molecule has 11 heteroatoms. The number of rotatable bonds is 11. The van der Waals surface area contributed by atoms with Gasteiger partial charge in [0.25, 0.3) is 11.5 Å². The van der Waals surface area contributed by atoms with Crippen molar-refractivity contribution in [3.8, 4) is 28.7 Å². The van der Waals surface area contributed by atoms with E-state index in [1.807, 2.05) is 30.3 Å². The lowest BCUT2D eigenvalue weighted by atomic mass is 10.1. The molecule has 45 heavy (non-hydrogen) atoms. The van der Waals surface area contributed by atoms with E-state index in [1.54, 1.807) is 55.8 Å². The molecule has 2 aromatic heterocycles. The first-order valence-corrected chi connectivity index (χ1v) is 14.7. The van der Waals surface area contributed by atoms with Crippen LogP contribution in [0.5, 0.6) is 23.0 Å². The van der Waals surface area contributed by atoms with E-state index in [2.05, 4.69) is 20.2 Å². The third kappa shape index (κ3) is 7.11. The molecule has 5 aromatic rings. The van der Waals surface area contributed by atoms with Crippen LogP contribution in [0.25, 0.3) is 16.6 Å². The maximum atomic E-state index is 12.9. The molecule has 1 N–H and O–H groups in total. The summed E-state index contributed by atoms with van der Waals surface area (Å²) < 4.78 is 24.7. The lowest BCUT2D eigenvalue weighted by molar-refractivity contribution is 0.0357. The van der Waals surface area contributed by atoms with Crippen molar-refractivity contribution in [1.29, 1.82) is 0 Å². The first kappa shape index (κ1) is 29.8. The highest BCUT2D eigenvalue weighted by Crippen LogP contribution is 2.37. The van der Waals surface area contributed by atoms with Gasteiger partial charge in [-0.2, -0.15) is 0 Å². The van der Waals surface area contributed by atoms with Crippen LogP contribution in [0.3, 0.4) is 0 Å². The molecule has 0 unspecified atom stereocenters. The van der Waals surface area contributed by atoms with Gasteiger partial charge in [-0.15, -0.1) is 0 Å². The number of morpholine rings is 1. The molecular weight excluding hydrogens is 574 g/mol. The number of pyridine rings is 1. The van der Waals surface area contributed by atoms with Crippen molar-refractivity contribution < 1.29 is 23.7 Å². The molecule has 3 heterocycles. The Balaban J connectivity index is 1.11. The Morgan fingerprint density at radius 1 is 0.933 bits per heavy atom. The van der Waals surface area contributed by atoms with E-state index in [9.17, 15) is 9.59 Å². The lowest BCUT2D eigenvalue weighted by Crippen LogP contribution is -2.37. The van der Waals surface area contributed by atoms with Gasteiger partial charge in [0.15, 0.2) is 17.2 Å². The van der Waals surface area contributed by atoms with Crippen molar-refractivity contribution >= 4 is 22.5 Å². The maximum absolute atomic E-state index is 12.9. The first-order chi connectivity index (χ1) is 22.1. The van der Waals surface area contributed by atoms with E-state index >= 15 is 0 Å². The number of carbonyl (C=O) groups is 1. The number of ether oxygens (including phenoxy) is 4. The molecule has 230 valence electrons. The minimum atomic E-state index is -0.606. The molecular formula is C34H33N5O6.